The molecule has 1 unspecified atom stereocenters. The van der Waals surface area contributed by atoms with Gasteiger partial charge in [-0.2, -0.15) is 5.10 Å². The minimum atomic E-state index is -0.293. The summed E-state index contributed by atoms with van der Waals surface area (Å²) in [5.41, 5.74) is 3.41. The van der Waals surface area contributed by atoms with E-state index in [0.29, 0.717) is 18.8 Å². The molecule has 1 aliphatic heterocycles. The smallest absolute Gasteiger partial charge is 0.336 e. The second-order valence-electron chi connectivity index (χ2n) is 6.86. The molecule has 2 N–H and O–H groups in total. The number of aromatic amines is 1. The first-order valence-electron chi connectivity index (χ1n) is 10.1. The van der Waals surface area contributed by atoms with E-state index in [4.69, 9.17) is 9.47 Å². The Hall–Kier alpha value is -2.76. The topological polar surface area (TPSA) is 76.2 Å². The van der Waals surface area contributed by atoms with Crippen LogP contribution in [0.3, 0.4) is 0 Å². The highest BCUT2D eigenvalue weighted by atomic mass is 16.5. The SMILES string of the molecule is CCCCOc1ccccc1C1C(C(=O)OCC)=C(CCC)Nc2[nH]ncc21. The molecule has 6 heteroatoms. The summed E-state index contributed by atoms with van der Waals surface area (Å²) >= 11 is 0. The number of fused-ring (bicyclic) bond motifs is 1. The zero-order valence-electron chi connectivity index (χ0n) is 16.9. The number of unbranched alkanes of at least 4 members (excludes halogenated alkanes) is 1. The van der Waals surface area contributed by atoms with Gasteiger partial charge in [-0.25, -0.2) is 4.79 Å². The average molecular weight is 383 g/mol. The van der Waals surface area contributed by atoms with Gasteiger partial charge in [-0.1, -0.05) is 44.9 Å². The van der Waals surface area contributed by atoms with Gasteiger partial charge in [0.1, 0.15) is 11.6 Å². The highest BCUT2D eigenvalue weighted by Gasteiger charge is 2.36. The number of hydrogen-bond donors (Lipinski definition) is 2. The number of rotatable bonds is 9. The molecule has 0 amide bonds. The monoisotopic (exact) mass is 383 g/mol. The lowest BCUT2D eigenvalue weighted by Crippen LogP contribution is -2.25. The Morgan fingerprint density at radius 1 is 1.14 bits per heavy atom. The minimum Gasteiger partial charge on any atom is -0.493 e. The molecule has 0 saturated heterocycles. The van der Waals surface area contributed by atoms with Gasteiger partial charge in [0, 0.05) is 16.8 Å². The Morgan fingerprint density at radius 2 is 1.96 bits per heavy atom. The third-order valence-corrected chi connectivity index (χ3v) is 4.85. The quantitative estimate of drug-likeness (QED) is 0.482. The van der Waals surface area contributed by atoms with E-state index in [0.717, 1.165) is 54.1 Å². The van der Waals surface area contributed by atoms with E-state index in [1.807, 2.05) is 31.2 Å². The summed E-state index contributed by atoms with van der Waals surface area (Å²) in [5.74, 6) is 1.05. The third-order valence-electron chi connectivity index (χ3n) is 4.85. The summed E-state index contributed by atoms with van der Waals surface area (Å²) in [6.07, 6.45) is 5.49. The Morgan fingerprint density at radius 3 is 2.71 bits per heavy atom. The second kappa shape index (κ2) is 9.44. The molecule has 0 aliphatic carbocycles. The molecular weight excluding hydrogens is 354 g/mol. The lowest BCUT2D eigenvalue weighted by Gasteiger charge is -2.29. The van der Waals surface area contributed by atoms with Crippen molar-refractivity contribution in [3.63, 3.8) is 0 Å². The predicted octanol–water partition coefficient (Wildman–Crippen LogP) is 4.76. The Labute approximate surface area is 166 Å². The highest BCUT2D eigenvalue weighted by Crippen LogP contribution is 2.45. The fraction of sp³-hybridized carbons (Fsp3) is 0.455. The molecule has 0 fully saturated rings. The van der Waals surface area contributed by atoms with E-state index < -0.39 is 0 Å². The van der Waals surface area contributed by atoms with Crippen LogP contribution >= 0.6 is 0 Å². The molecule has 150 valence electrons. The lowest BCUT2D eigenvalue weighted by molar-refractivity contribution is -0.138. The normalized spacial score (nSPS) is 15.8. The van der Waals surface area contributed by atoms with Crippen LogP contribution in [0.15, 0.2) is 41.7 Å². The zero-order chi connectivity index (χ0) is 19.9. The number of nitrogens with zero attached hydrogens (tertiary/aromatic N) is 1. The first kappa shape index (κ1) is 20.0. The average Bonchev–Trinajstić information content (AvgIpc) is 3.16. The van der Waals surface area contributed by atoms with Crippen LogP contribution in [0.1, 0.15) is 63.5 Å². The number of carbonyl (C=O) groups is 1. The van der Waals surface area contributed by atoms with E-state index in [2.05, 4.69) is 29.4 Å². The maximum absolute atomic E-state index is 13.0. The fourth-order valence-electron chi connectivity index (χ4n) is 3.56. The van der Waals surface area contributed by atoms with Gasteiger partial charge in [-0.3, -0.25) is 5.10 Å². The van der Waals surface area contributed by atoms with Crippen molar-refractivity contribution in [3.8, 4) is 5.75 Å². The van der Waals surface area contributed by atoms with Crippen LogP contribution in [0.4, 0.5) is 5.82 Å². The van der Waals surface area contributed by atoms with E-state index in [-0.39, 0.29) is 11.9 Å². The minimum absolute atomic E-state index is 0.284. The lowest BCUT2D eigenvalue weighted by atomic mass is 9.81. The summed E-state index contributed by atoms with van der Waals surface area (Å²) in [4.78, 5) is 13.0. The summed E-state index contributed by atoms with van der Waals surface area (Å²) in [6.45, 7) is 7.04. The number of allylic oxidation sites excluding steroid dienone is 1. The van der Waals surface area contributed by atoms with Crippen molar-refractivity contribution >= 4 is 11.8 Å². The number of carbonyl (C=O) groups excluding carboxylic acids is 1. The summed E-state index contributed by atoms with van der Waals surface area (Å²) in [5, 5.41) is 10.6. The zero-order valence-corrected chi connectivity index (χ0v) is 16.9. The molecule has 0 spiro atoms. The molecule has 2 aromatic rings. The Balaban J connectivity index is 2.11. The molecule has 1 aromatic carbocycles. The van der Waals surface area contributed by atoms with E-state index >= 15 is 0 Å². The van der Waals surface area contributed by atoms with Gasteiger partial charge in [0.2, 0.25) is 0 Å². The van der Waals surface area contributed by atoms with Crippen LogP contribution in [-0.2, 0) is 9.53 Å². The molecule has 2 heterocycles. The van der Waals surface area contributed by atoms with E-state index in [9.17, 15) is 4.79 Å². The van der Waals surface area contributed by atoms with Crippen LogP contribution in [0.25, 0.3) is 0 Å². The van der Waals surface area contributed by atoms with Crippen LogP contribution in [0.2, 0.25) is 0 Å². The maximum Gasteiger partial charge on any atom is 0.336 e. The van der Waals surface area contributed by atoms with Crippen molar-refractivity contribution < 1.29 is 14.3 Å². The molecule has 0 bridgehead atoms. The number of aromatic nitrogens is 2. The van der Waals surface area contributed by atoms with Crippen molar-refractivity contribution in [2.45, 2.75) is 52.4 Å². The standard InChI is InChI=1S/C22H29N3O3/c1-4-7-13-28-18-12-9-8-11-15(18)19-16-14-23-25-21(16)24-17(10-5-2)20(19)22(26)27-6-3/h8-9,11-12,14,19H,4-7,10,13H2,1-3H3,(H2,23,24,25). The van der Waals surface area contributed by atoms with Crippen LogP contribution < -0.4 is 10.1 Å². The molecule has 28 heavy (non-hydrogen) atoms. The van der Waals surface area contributed by atoms with E-state index in [1.54, 1.807) is 6.20 Å². The van der Waals surface area contributed by atoms with Gasteiger partial charge in [-0.15, -0.1) is 0 Å². The number of anilines is 1. The Kier molecular flexibility index (Phi) is 6.74. The number of ether oxygens (including phenoxy) is 2. The largest absolute Gasteiger partial charge is 0.493 e. The van der Waals surface area contributed by atoms with Crippen molar-refractivity contribution in [1.29, 1.82) is 0 Å². The number of hydrogen-bond acceptors (Lipinski definition) is 5. The van der Waals surface area contributed by atoms with Gasteiger partial charge in [0.15, 0.2) is 0 Å². The highest BCUT2D eigenvalue weighted by molar-refractivity contribution is 5.94. The maximum atomic E-state index is 13.0. The molecule has 1 aliphatic rings. The van der Waals surface area contributed by atoms with Crippen LogP contribution in [-0.4, -0.2) is 29.4 Å². The van der Waals surface area contributed by atoms with Gasteiger partial charge in [0.25, 0.3) is 0 Å². The molecule has 0 radical (unpaired) electrons. The van der Waals surface area contributed by atoms with Gasteiger partial charge in [0.05, 0.1) is 30.9 Å². The number of H-pyrrole nitrogens is 1. The number of esters is 1. The van der Waals surface area contributed by atoms with Crippen LogP contribution in [0, 0.1) is 0 Å². The molecule has 6 nitrogen and oxygen atoms in total. The van der Waals surface area contributed by atoms with Crippen LogP contribution in [0.5, 0.6) is 5.75 Å². The molecule has 0 saturated carbocycles. The van der Waals surface area contributed by atoms with Gasteiger partial charge >= 0.3 is 5.97 Å². The molecular formula is C22H29N3O3. The van der Waals surface area contributed by atoms with Crippen molar-refractivity contribution in [1.82, 2.24) is 10.2 Å². The number of benzene rings is 1. The fourth-order valence-corrected chi connectivity index (χ4v) is 3.56. The third kappa shape index (κ3) is 4.06. The van der Waals surface area contributed by atoms with Gasteiger partial charge in [-0.05, 0) is 25.8 Å². The molecule has 1 atom stereocenters. The number of para-hydroxylation sites is 1. The first-order valence-corrected chi connectivity index (χ1v) is 10.1. The van der Waals surface area contributed by atoms with Gasteiger partial charge < -0.3 is 14.8 Å². The second-order valence-corrected chi connectivity index (χ2v) is 6.86. The predicted molar refractivity (Wildman–Crippen MR) is 109 cm³/mol. The Bertz CT molecular complexity index is 841. The van der Waals surface area contributed by atoms with Crippen molar-refractivity contribution in [3.05, 3.63) is 52.9 Å². The molecule has 1 aromatic heterocycles. The van der Waals surface area contributed by atoms with E-state index in [1.165, 1.54) is 0 Å². The first-order chi connectivity index (χ1) is 13.7. The summed E-state index contributed by atoms with van der Waals surface area (Å²) in [7, 11) is 0. The summed E-state index contributed by atoms with van der Waals surface area (Å²) in [6, 6.07) is 7.93. The van der Waals surface area contributed by atoms with Crippen molar-refractivity contribution in [2.24, 2.45) is 0 Å². The summed E-state index contributed by atoms with van der Waals surface area (Å²) < 4.78 is 11.5. The molecule has 3 rings (SSSR count). The van der Waals surface area contributed by atoms with Crippen molar-refractivity contribution in [2.75, 3.05) is 18.5 Å². The number of nitrogens with one attached hydrogen (secondary N) is 2.